The highest BCUT2D eigenvalue weighted by molar-refractivity contribution is 6.32. The van der Waals surface area contributed by atoms with Gasteiger partial charge in [0.25, 0.3) is 0 Å². The molecule has 0 aliphatic carbocycles. The van der Waals surface area contributed by atoms with Crippen molar-refractivity contribution in [3.05, 3.63) is 74.8 Å². The van der Waals surface area contributed by atoms with E-state index in [1.165, 1.54) is 35.1 Å². The molecule has 16 heteroatoms. The molecule has 0 bridgehead atoms. The number of rotatable bonds is 8. The maximum absolute atomic E-state index is 13.1. The van der Waals surface area contributed by atoms with Crippen LogP contribution in [0.2, 0.25) is 10.0 Å². The number of halogens is 5. The summed E-state index contributed by atoms with van der Waals surface area (Å²) in [5.74, 6) is 0.0988. The van der Waals surface area contributed by atoms with Crippen molar-refractivity contribution in [3.8, 4) is 17.2 Å². The van der Waals surface area contributed by atoms with Crippen LogP contribution < -0.4 is 11.4 Å². The monoisotopic (exact) mass is 558 g/mol. The third kappa shape index (κ3) is 5.67. The number of hydrogen-bond acceptors (Lipinski definition) is 8. The molecular formula is C21H19Cl2F3N8O3. The van der Waals surface area contributed by atoms with Crippen LogP contribution in [0, 0.1) is 0 Å². The van der Waals surface area contributed by atoms with Gasteiger partial charge in [0.05, 0.1) is 24.2 Å². The minimum absolute atomic E-state index is 0.00797. The topological polar surface area (TPSA) is 150 Å². The largest absolute Gasteiger partial charge is 0.416 e. The smallest absolute Gasteiger partial charge is 0.394 e. The number of benzene rings is 1. The fraction of sp³-hybridized carbons (Fsp3) is 0.286. The fourth-order valence-corrected chi connectivity index (χ4v) is 3.71. The average Bonchev–Trinajstić information content (AvgIpc) is 3.40. The molecule has 11 nitrogen and oxygen atoms in total. The Balaban J connectivity index is 1.78. The molecule has 0 aliphatic heterocycles. The maximum atomic E-state index is 13.1. The first-order valence-corrected chi connectivity index (χ1v) is 11.4. The highest BCUT2D eigenvalue weighted by atomic mass is 35.5. The number of aliphatic hydroxyl groups is 2. The second-order valence-electron chi connectivity index (χ2n) is 7.83. The van der Waals surface area contributed by atoms with E-state index in [9.17, 15) is 28.2 Å². The molecule has 196 valence electrons. The van der Waals surface area contributed by atoms with Crippen LogP contribution >= 0.6 is 23.2 Å². The third-order valence-electron chi connectivity index (χ3n) is 5.19. The van der Waals surface area contributed by atoms with E-state index >= 15 is 0 Å². The number of aromatic nitrogens is 7. The van der Waals surface area contributed by atoms with Crippen molar-refractivity contribution in [2.24, 2.45) is 5.73 Å². The Labute approximate surface area is 216 Å². The van der Waals surface area contributed by atoms with E-state index in [-0.39, 0.29) is 40.4 Å². The summed E-state index contributed by atoms with van der Waals surface area (Å²) in [5.41, 5.74) is 5.29. The van der Waals surface area contributed by atoms with Crippen LogP contribution in [0.5, 0.6) is 0 Å². The van der Waals surface area contributed by atoms with Crippen LogP contribution in [0.15, 0.2) is 47.4 Å². The molecule has 2 atom stereocenters. The maximum Gasteiger partial charge on any atom is 0.416 e. The summed E-state index contributed by atoms with van der Waals surface area (Å²) < 4.78 is 42.0. The Morgan fingerprint density at radius 3 is 2.43 bits per heavy atom. The van der Waals surface area contributed by atoms with Gasteiger partial charge in [0.2, 0.25) is 0 Å². The second kappa shape index (κ2) is 10.6. The Bertz CT molecular complexity index is 1450. The lowest BCUT2D eigenvalue weighted by Crippen LogP contribution is -2.37. The lowest BCUT2D eigenvalue weighted by Gasteiger charge is -2.15. The molecule has 0 fully saturated rings. The molecule has 0 saturated carbocycles. The van der Waals surface area contributed by atoms with E-state index < -0.39 is 37.2 Å². The first-order valence-electron chi connectivity index (χ1n) is 10.6. The molecule has 37 heavy (non-hydrogen) atoms. The molecule has 0 saturated heterocycles. The standard InChI is InChI=1S/C21H19Cl2F3N8O3/c22-12-5-3-11(4-6-12)17-31-33(20(37)32(17)8-15(36)21(24,25)26)9-16-29-19(14(27)10-35)34(30-16)18-13(23)2-1-7-28-18/h1-7,14-15,35-36H,8-10,27H2/t14?,15-/m0/s1. The molecule has 3 heterocycles. The molecular weight excluding hydrogens is 540 g/mol. The van der Waals surface area contributed by atoms with Gasteiger partial charge in [-0.05, 0) is 36.4 Å². The number of alkyl halides is 3. The Morgan fingerprint density at radius 2 is 1.81 bits per heavy atom. The van der Waals surface area contributed by atoms with Crippen LogP contribution in [-0.4, -0.2) is 63.2 Å². The van der Waals surface area contributed by atoms with E-state index in [0.29, 0.717) is 9.59 Å². The number of pyridine rings is 1. The van der Waals surface area contributed by atoms with Crippen molar-refractivity contribution < 1.29 is 23.4 Å². The van der Waals surface area contributed by atoms with Crippen molar-refractivity contribution in [3.63, 3.8) is 0 Å². The van der Waals surface area contributed by atoms with Gasteiger partial charge in [0, 0.05) is 16.8 Å². The zero-order valence-corrected chi connectivity index (χ0v) is 20.2. The van der Waals surface area contributed by atoms with Crippen molar-refractivity contribution in [2.45, 2.75) is 31.4 Å². The molecule has 0 aliphatic rings. The minimum Gasteiger partial charge on any atom is -0.394 e. The highest BCUT2D eigenvalue weighted by Gasteiger charge is 2.39. The van der Waals surface area contributed by atoms with E-state index in [4.69, 9.17) is 28.9 Å². The van der Waals surface area contributed by atoms with Gasteiger partial charge in [-0.15, -0.1) is 10.2 Å². The Morgan fingerprint density at radius 1 is 1.11 bits per heavy atom. The predicted octanol–water partition coefficient (Wildman–Crippen LogP) is 1.96. The SMILES string of the molecule is NC(CO)c1nc(Cn2nc(-c3ccc(Cl)cc3)n(C[C@H](O)C(F)(F)F)c2=O)nn1-c1ncccc1Cl. The lowest BCUT2D eigenvalue weighted by molar-refractivity contribution is -0.207. The first-order chi connectivity index (χ1) is 17.5. The third-order valence-corrected chi connectivity index (χ3v) is 5.74. The van der Waals surface area contributed by atoms with Crippen LogP contribution in [0.25, 0.3) is 17.2 Å². The van der Waals surface area contributed by atoms with Gasteiger partial charge in [-0.3, -0.25) is 4.57 Å². The summed E-state index contributed by atoms with van der Waals surface area (Å²) in [7, 11) is 0. The van der Waals surface area contributed by atoms with Gasteiger partial charge in [0.15, 0.2) is 29.4 Å². The van der Waals surface area contributed by atoms with Crippen molar-refractivity contribution >= 4 is 23.2 Å². The number of aliphatic hydroxyl groups excluding tert-OH is 2. The zero-order chi connectivity index (χ0) is 26.9. The lowest BCUT2D eigenvalue weighted by atomic mass is 10.2. The molecule has 4 aromatic rings. The number of hydrogen-bond donors (Lipinski definition) is 3. The van der Waals surface area contributed by atoms with Crippen LogP contribution in [-0.2, 0) is 13.1 Å². The molecule has 3 aromatic heterocycles. The van der Waals surface area contributed by atoms with E-state index in [1.54, 1.807) is 12.1 Å². The molecule has 1 aromatic carbocycles. The second-order valence-corrected chi connectivity index (χ2v) is 8.68. The Kier molecular flexibility index (Phi) is 7.66. The van der Waals surface area contributed by atoms with E-state index in [0.717, 1.165) is 4.68 Å². The van der Waals surface area contributed by atoms with Crippen LogP contribution in [0.4, 0.5) is 13.2 Å². The van der Waals surface area contributed by atoms with Gasteiger partial charge >= 0.3 is 11.9 Å². The van der Waals surface area contributed by atoms with Crippen LogP contribution in [0.3, 0.4) is 0 Å². The highest BCUT2D eigenvalue weighted by Crippen LogP contribution is 2.24. The Hall–Kier alpha value is -3.30. The summed E-state index contributed by atoms with van der Waals surface area (Å²) in [6.07, 6.45) is -6.32. The van der Waals surface area contributed by atoms with Gasteiger partial charge in [0.1, 0.15) is 6.54 Å². The van der Waals surface area contributed by atoms with Crippen molar-refractivity contribution in [1.29, 1.82) is 0 Å². The fourth-order valence-electron chi connectivity index (χ4n) is 3.38. The van der Waals surface area contributed by atoms with Gasteiger partial charge in [-0.25, -0.2) is 19.4 Å². The molecule has 0 radical (unpaired) electrons. The minimum atomic E-state index is -4.96. The molecule has 4 rings (SSSR count). The van der Waals surface area contributed by atoms with Crippen molar-refractivity contribution in [2.75, 3.05) is 6.61 Å². The molecule has 0 amide bonds. The zero-order valence-electron chi connectivity index (χ0n) is 18.7. The van der Waals surface area contributed by atoms with Crippen molar-refractivity contribution in [1.82, 2.24) is 34.1 Å². The summed E-state index contributed by atoms with van der Waals surface area (Å²) in [6, 6.07) is 8.06. The van der Waals surface area contributed by atoms with Crippen LogP contribution in [0.1, 0.15) is 17.7 Å². The quantitative estimate of drug-likeness (QED) is 0.297. The number of nitrogens with two attached hydrogens (primary N) is 1. The molecule has 1 unspecified atom stereocenters. The van der Waals surface area contributed by atoms with E-state index in [1.807, 2.05) is 0 Å². The summed E-state index contributed by atoms with van der Waals surface area (Å²) in [5, 5.41) is 28.2. The predicted molar refractivity (Wildman–Crippen MR) is 126 cm³/mol. The van der Waals surface area contributed by atoms with Gasteiger partial charge < -0.3 is 15.9 Å². The van der Waals surface area contributed by atoms with E-state index in [2.05, 4.69) is 20.2 Å². The van der Waals surface area contributed by atoms with Gasteiger partial charge in [-0.1, -0.05) is 23.2 Å². The normalized spacial score (nSPS) is 13.6. The summed E-state index contributed by atoms with van der Waals surface area (Å²) in [6.45, 7) is -1.96. The van der Waals surface area contributed by atoms with Gasteiger partial charge in [-0.2, -0.15) is 17.9 Å². The summed E-state index contributed by atoms with van der Waals surface area (Å²) in [4.78, 5) is 21.5. The average molecular weight is 559 g/mol. The molecule has 0 spiro atoms. The molecule has 4 N–H and O–H groups in total. The first kappa shape index (κ1) is 26.8. The number of nitrogens with zero attached hydrogens (tertiary/aromatic N) is 7. The summed E-state index contributed by atoms with van der Waals surface area (Å²) >= 11 is 12.1.